The topological polar surface area (TPSA) is 4.93 Å². The van der Waals surface area contributed by atoms with Crippen molar-refractivity contribution in [2.75, 3.05) is 0 Å². The van der Waals surface area contributed by atoms with Crippen LogP contribution in [0.5, 0.6) is 0 Å². The van der Waals surface area contributed by atoms with Gasteiger partial charge in [0.15, 0.2) is 3.95 Å². The van der Waals surface area contributed by atoms with Crippen molar-refractivity contribution in [1.29, 1.82) is 0 Å². The van der Waals surface area contributed by atoms with Gasteiger partial charge in [0, 0.05) is 17.6 Å². The third-order valence-corrected chi connectivity index (χ3v) is 3.34. The third kappa shape index (κ3) is 2.11. The van der Waals surface area contributed by atoms with Crippen LogP contribution in [0.3, 0.4) is 0 Å². The van der Waals surface area contributed by atoms with E-state index in [2.05, 4.69) is 42.0 Å². The third-order valence-electron chi connectivity index (χ3n) is 2.02. The number of hydrogen-bond donors (Lipinski definition) is 0. The number of rotatable bonds is 2. The van der Waals surface area contributed by atoms with Gasteiger partial charge in [-0.15, -0.1) is 11.3 Å². The summed E-state index contributed by atoms with van der Waals surface area (Å²) in [6, 6.07) is 10.4. The van der Waals surface area contributed by atoms with E-state index in [0.29, 0.717) is 0 Å². The van der Waals surface area contributed by atoms with Crippen LogP contribution in [0, 0.1) is 10.9 Å². The molecule has 1 aromatic heterocycles. The van der Waals surface area contributed by atoms with Crippen molar-refractivity contribution in [1.82, 2.24) is 4.57 Å². The Kier molecular flexibility index (Phi) is 2.79. The van der Waals surface area contributed by atoms with Crippen molar-refractivity contribution in [2.45, 2.75) is 13.5 Å². The standard InChI is InChI=1S/C11H11NS2/c1-9-7-12(11(13)14-9)8-10-5-3-2-4-6-10/h2-7H,8H2,1H3. The zero-order valence-electron chi connectivity index (χ0n) is 7.93. The summed E-state index contributed by atoms with van der Waals surface area (Å²) in [5, 5.41) is 0. The van der Waals surface area contributed by atoms with Crippen LogP contribution in [-0.2, 0) is 6.54 Å². The van der Waals surface area contributed by atoms with Crippen LogP contribution in [0.15, 0.2) is 36.5 Å². The van der Waals surface area contributed by atoms with E-state index in [9.17, 15) is 0 Å². The first-order valence-corrected chi connectivity index (χ1v) is 5.69. The summed E-state index contributed by atoms with van der Waals surface area (Å²) in [6.45, 7) is 2.96. The second kappa shape index (κ2) is 4.07. The summed E-state index contributed by atoms with van der Waals surface area (Å²) in [6.07, 6.45) is 2.11. The minimum atomic E-state index is 0.879. The molecular weight excluding hydrogens is 210 g/mol. The average molecular weight is 221 g/mol. The minimum Gasteiger partial charge on any atom is -0.325 e. The van der Waals surface area contributed by atoms with Gasteiger partial charge in [-0.2, -0.15) is 0 Å². The summed E-state index contributed by atoms with van der Waals surface area (Å²) in [5.74, 6) is 0. The molecular formula is C11H11NS2. The van der Waals surface area contributed by atoms with Crippen LogP contribution in [0.25, 0.3) is 0 Å². The number of nitrogens with zero attached hydrogens (tertiary/aromatic N) is 1. The highest BCUT2D eigenvalue weighted by Crippen LogP contribution is 2.12. The lowest BCUT2D eigenvalue weighted by atomic mass is 10.2. The Labute approximate surface area is 92.6 Å². The molecule has 1 nitrogen and oxygen atoms in total. The average Bonchev–Trinajstić information content (AvgIpc) is 2.47. The molecule has 0 aliphatic heterocycles. The van der Waals surface area contributed by atoms with E-state index in [1.165, 1.54) is 10.4 Å². The van der Waals surface area contributed by atoms with Gasteiger partial charge in [0.2, 0.25) is 0 Å². The van der Waals surface area contributed by atoms with Gasteiger partial charge >= 0.3 is 0 Å². The number of aromatic nitrogens is 1. The maximum atomic E-state index is 5.25. The summed E-state index contributed by atoms with van der Waals surface area (Å²) in [7, 11) is 0. The first kappa shape index (κ1) is 9.62. The van der Waals surface area contributed by atoms with Crippen LogP contribution in [0.1, 0.15) is 10.4 Å². The van der Waals surface area contributed by atoms with E-state index in [4.69, 9.17) is 12.2 Å². The van der Waals surface area contributed by atoms with Crippen molar-refractivity contribution in [3.05, 3.63) is 50.9 Å². The molecule has 0 radical (unpaired) electrons. The van der Waals surface area contributed by atoms with Gasteiger partial charge in [-0.25, -0.2) is 0 Å². The molecule has 0 fully saturated rings. The lowest BCUT2D eigenvalue weighted by molar-refractivity contribution is 0.798. The van der Waals surface area contributed by atoms with Crippen LogP contribution in [0.4, 0.5) is 0 Å². The zero-order valence-corrected chi connectivity index (χ0v) is 9.57. The number of thiazole rings is 1. The van der Waals surface area contributed by atoms with Gasteiger partial charge in [0.1, 0.15) is 0 Å². The zero-order chi connectivity index (χ0) is 9.97. The lowest BCUT2D eigenvalue weighted by Crippen LogP contribution is -1.96. The van der Waals surface area contributed by atoms with Crippen LogP contribution in [-0.4, -0.2) is 4.57 Å². The molecule has 0 unspecified atom stereocenters. The van der Waals surface area contributed by atoms with E-state index >= 15 is 0 Å². The Morgan fingerprint density at radius 2 is 2.00 bits per heavy atom. The Balaban J connectivity index is 2.28. The number of aryl methyl sites for hydroxylation is 1. The van der Waals surface area contributed by atoms with Gasteiger partial charge in [0.25, 0.3) is 0 Å². The molecule has 0 amide bonds. The SMILES string of the molecule is Cc1cn(Cc2ccccc2)c(=S)s1. The molecule has 0 aliphatic carbocycles. The van der Waals surface area contributed by atoms with Gasteiger partial charge in [-0.3, -0.25) is 0 Å². The van der Waals surface area contributed by atoms with E-state index in [1.807, 2.05) is 6.07 Å². The van der Waals surface area contributed by atoms with E-state index in [-0.39, 0.29) is 0 Å². The summed E-state index contributed by atoms with van der Waals surface area (Å²) < 4.78 is 3.07. The Hall–Kier alpha value is -0.930. The largest absolute Gasteiger partial charge is 0.325 e. The molecule has 0 spiro atoms. The molecule has 2 aromatic rings. The molecule has 14 heavy (non-hydrogen) atoms. The highest BCUT2D eigenvalue weighted by molar-refractivity contribution is 7.73. The lowest BCUT2D eigenvalue weighted by Gasteiger charge is -2.01. The molecule has 1 aromatic carbocycles. The second-order valence-corrected chi connectivity index (χ2v) is 5.10. The van der Waals surface area contributed by atoms with E-state index in [1.54, 1.807) is 11.3 Å². The van der Waals surface area contributed by atoms with E-state index in [0.717, 1.165) is 10.5 Å². The molecule has 0 aliphatic rings. The maximum absolute atomic E-state index is 5.25. The van der Waals surface area contributed by atoms with Gasteiger partial charge < -0.3 is 4.57 Å². The van der Waals surface area contributed by atoms with Crippen molar-refractivity contribution in [3.63, 3.8) is 0 Å². The number of benzene rings is 1. The van der Waals surface area contributed by atoms with Crippen LogP contribution >= 0.6 is 23.6 Å². The van der Waals surface area contributed by atoms with Crippen molar-refractivity contribution in [2.24, 2.45) is 0 Å². The highest BCUT2D eigenvalue weighted by Gasteiger charge is 1.97. The molecule has 72 valence electrons. The van der Waals surface area contributed by atoms with E-state index < -0.39 is 0 Å². The molecule has 2 rings (SSSR count). The van der Waals surface area contributed by atoms with Crippen molar-refractivity contribution >= 4 is 23.6 Å². The van der Waals surface area contributed by atoms with Gasteiger partial charge in [0.05, 0.1) is 0 Å². The Morgan fingerprint density at radius 3 is 2.57 bits per heavy atom. The Morgan fingerprint density at radius 1 is 1.29 bits per heavy atom. The monoisotopic (exact) mass is 221 g/mol. The fourth-order valence-electron chi connectivity index (χ4n) is 1.39. The fourth-order valence-corrected chi connectivity index (χ4v) is 2.59. The molecule has 0 bridgehead atoms. The highest BCUT2D eigenvalue weighted by atomic mass is 32.1. The quantitative estimate of drug-likeness (QED) is 0.701. The number of hydrogen-bond acceptors (Lipinski definition) is 2. The Bertz CT molecular complexity index is 468. The molecule has 3 heteroatoms. The van der Waals surface area contributed by atoms with Crippen LogP contribution < -0.4 is 0 Å². The minimum absolute atomic E-state index is 0.879. The summed E-state index contributed by atoms with van der Waals surface area (Å²) in [4.78, 5) is 1.27. The van der Waals surface area contributed by atoms with Gasteiger partial charge in [-0.05, 0) is 24.7 Å². The normalized spacial score (nSPS) is 10.4. The molecule has 0 saturated carbocycles. The van der Waals surface area contributed by atoms with Crippen molar-refractivity contribution < 1.29 is 0 Å². The van der Waals surface area contributed by atoms with Crippen LogP contribution in [0.2, 0.25) is 0 Å². The molecule has 0 atom stereocenters. The molecule has 1 heterocycles. The first-order valence-electron chi connectivity index (χ1n) is 4.46. The summed E-state index contributed by atoms with van der Waals surface area (Å²) in [5.41, 5.74) is 1.29. The van der Waals surface area contributed by atoms with Crippen molar-refractivity contribution in [3.8, 4) is 0 Å². The predicted molar refractivity (Wildman–Crippen MR) is 63.4 cm³/mol. The molecule has 0 saturated heterocycles. The smallest absolute Gasteiger partial charge is 0.161 e. The molecule has 0 N–H and O–H groups in total. The van der Waals surface area contributed by atoms with Gasteiger partial charge in [-0.1, -0.05) is 30.3 Å². The first-order chi connectivity index (χ1) is 6.75. The fraction of sp³-hybridized carbons (Fsp3) is 0.182. The summed E-state index contributed by atoms with van der Waals surface area (Å²) >= 11 is 6.92. The maximum Gasteiger partial charge on any atom is 0.161 e. The second-order valence-electron chi connectivity index (χ2n) is 3.22. The predicted octanol–water partition coefficient (Wildman–Crippen LogP) is 3.64.